The molecule has 0 saturated heterocycles. The smallest absolute Gasteiger partial charge is 0.317 e. The molecular formula is C17H26N2O3S. The van der Waals surface area contributed by atoms with Gasteiger partial charge < -0.3 is 10.2 Å². The molecule has 0 aromatic heterocycles. The maximum Gasteiger partial charge on any atom is 0.317 e. The van der Waals surface area contributed by atoms with Gasteiger partial charge in [-0.05, 0) is 25.8 Å². The van der Waals surface area contributed by atoms with E-state index in [0.29, 0.717) is 12.5 Å². The molecule has 0 unspecified atom stereocenters. The summed E-state index contributed by atoms with van der Waals surface area (Å²) in [5, 5.41) is 3.03. The Morgan fingerprint density at radius 2 is 1.96 bits per heavy atom. The highest BCUT2D eigenvalue weighted by atomic mass is 32.2. The minimum absolute atomic E-state index is 0.0114. The van der Waals surface area contributed by atoms with E-state index < -0.39 is 9.84 Å². The molecular weight excluding hydrogens is 312 g/mol. The lowest BCUT2D eigenvalue weighted by Crippen LogP contribution is -2.48. The average Bonchev–Trinajstić information content (AvgIpc) is 3.27. The molecule has 1 N–H and O–H groups in total. The van der Waals surface area contributed by atoms with Gasteiger partial charge in [-0.3, -0.25) is 0 Å². The monoisotopic (exact) mass is 338 g/mol. The fraction of sp³-hybridized carbons (Fsp3) is 0.588. The van der Waals surface area contributed by atoms with Crippen LogP contribution in [0.4, 0.5) is 4.79 Å². The van der Waals surface area contributed by atoms with E-state index >= 15 is 0 Å². The molecule has 0 radical (unpaired) electrons. The first-order valence-corrected chi connectivity index (χ1v) is 10.0. The zero-order chi connectivity index (χ0) is 17.0. The molecule has 6 heteroatoms. The number of rotatable bonds is 7. The number of hydrogen-bond donors (Lipinski definition) is 1. The fourth-order valence-corrected chi connectivity index (χ4v) is 4.05. The quantitative estimate of drug-likeness (QED) is 0.830. The summed E-state index contributed by atoms with van der Waals surface area (Å²) < 4.78 is 23.5. The summed E-state index contributed by atoms with van der Waals surface area (Å²) in [4.78, 5) is 14.0. The van der Waals surface area contributed by atoms with Gasteiger partial charge >= 0.3 is 6.03 Å². The van der Waals surface area contributed by atoms with Gasteiger partial charge in [0.05, 0.1) is 5.75 Å². The number of hydrogen-bond acceptors (Lipinski definition) is 3. The van der Waals surface area contributed by atoms with Crippen molar-refractivity contribution >= 4 is 15.9 Å². The molecule has 5 nitrogen and oxygen atoms in total. The molecule has 0 heterocycles. The van der Waals surface area contributed by atoms with Gasteiger partial charge in [0, 0.05) is 30.3 Å². The van der Waals surface area contributed by atoms with Crippen LogP contribution in [-0.2, 0) is 9.84 Å². The maximum atomic E-state index is 12.4. The summed E-state index contributed by atoms with van der Waals surface area (Å²) >= 11 is 0. The van der Waals surface area contributed by atoms with Crippen molar-refractivity contribution in [3.8, 4) is 0 Å². The highest BCUT2D eigenvalue weighted by Gasteiger charge is 2.40. The lowest BCUT2D eigenvalue weighted by molar-refractivity contribution is 0.187. The molecule has 23 heavy (non-hydrogen) atoms. The number of carbonyl (C=O) groups excluding carboxylic acids is 1. The van der Waals surface area contributed by atoms with E-state index in [2.05, 4.69) is 17.4 Å². The van der Waals surface area contributed by atoms with Gasteiger partial charge in [-0.2, -0.15) is 0 Å². The lowest BCUT2D eigenvalue weighted by atomic mass is 10.1. The van der Waals surface area contributed by atoms with Crippen molar-refractivity contribution in [2.24, 2.45) is 0 Å². The number of amides is 2. The Morgan fingerprint density at radius 1 is 1.30 bits per heavy atom. The zero-order valence-corrected chi connectivity index (χ0v) is 14.8. The summed E-state index contributed by atoms with van der Waals surface area (Å²) in [5.74, 6) is 0.487. The third-order valence-electron chi connectivity index (χ3n) is 4.40. The van der Waals surface area contributed by atoms with Crippen LogP contribution in [0.25, 0.3) is 0 Å². The first kappa shape index (κ1) is 17.8. The summed E-state index contributed by atoms with van der Waals surface area (Å²) in [7, 11) is -3.10. The van der Waals surface area contributed by atoms with Crippen LogP contribution < -0.4 is 5.32 Å². The second-order valence-corrected chi connectivity index (χ2v) is 8.54. The molecule has 1 aliphatic carbocycles. The number of carbonyl (C=O) groups is 1. The van der Waals surface area contributed by atoms with Gasteiger partial charge in [0.1, 0.15) is 0 Å². The van der Waals surface area contributed by atoms with Crippen molar-refractivity contribution in [3.05, 3.63) is 35.9 Å². The highest BCUT2D eigenvalue weighted by Crippen LogP contribution is 2.40. The molecule has 1 aliphatic rings. The van der Waals surface area contributed by atoms with Crippen LogP contribution in [0.15, 0.2) is 30.3 Å². The van der Waals surface area contributed by atoms with Gasteiger partial charge in [-0.15, -0.1) is 0 Å². The second kappa shape index (κ2) is 7.34. The molecule has 0 bridgehead atoms. The van der Waals surface area contributed by atoms with Gasteiger partial charge in [-0.1, -0.05) is 37.3 Å². The Morgan fingerprint density at radius 3 is 2.52 bits per heavy atom. The van der Waals surface area contributed by atoms with Crippen molar-refractivity contribution in [1.82, 2.24) is 10.2 Å². The minimum Gasteiger partial charge on any atom is -0.335 e. The third kappa shape index (κ3) is 4.70. The molecule has 128 valence electrons. The first-order chi connectivity index (χ1) is 10.9. The van der Waals surface area contributed by atoms with E-state index in [1.807, 2.05) is 25.1 Å². The highest BCUT2D eigenvalue weighted by molar-refractivity contribution is 7.91. The minimum atomic E-state index is -3.10. The Labute approximate surface area is 139 Å². The van der Waals surface area contributed by atoms with E-state index in [0.717, 1.165) is 6.42 Å². The van der Waals surface area contributed by atoms with Gasteiger partial charge in [0.2, 0.25) is 0 Å². The SMILES string of the molecule is CCN(C(=O)N[C@@H]1C[C@@H]1c1ccccc1)[C@H](C)CS(=O)(=O)CC. The average molecular weight is 338 g/mol. The molecule has 3 atom stereocenters. The Kier molecular flexibility index (Phi) is 5.68. The topological polar surface area (TPSA) is 66.5 Å². The van der Waals surface area contributed by atoms with E-state index in [9.17, 15) is 13.2 Å². The Hall–Kier alpha value is -1.56. The summed E-state index contributed by atoms with van der Waals surface area (Å²) in [6, 6.07) is 9.79. The number of urea groups is 1. The number of sulfone groups is 1. The molecule has 1 aromatic rings. The molecule has 0 spiro atoms. The van der Waals surface area contributed by atoms with E-state index in [1.165, 1.54) is 5.56 Å². The molecule has 1 fully saturated rings. The fourth-order valence-electron chi connectivity index (χ4n) is 2.90. The normalized spacial score (nSPS) is 21.5. The van der Waals surface area contributed by atoms with Gasteiger partial charge in [0.15, 0.2) is 9.84 Å². The molecule has 1 aromatic carbocycles. The third-order valence-corrected chi connectivity index (χ3v) is 6.27. The largest absolute Gasteiger partial charge is 0.335 e. The van der Waals surface area contributed by atoms with Crippen LogP contribution in [0, 0.1) is 0 Å². The standard InChI is InChI=1S/C17H26N2O3S/c1-4-19(13(3)12-23(21,22)5-2)17(20)18-16-11-15(16)14-9-7-6-8-10-14/h6-10,13,15-16H,4-5,11-12H2,1-3H3,(H,18,20)/t13-,15-,16-/m1/s1. The molecule has 2 rings (SSSR count). The lowest BCUT2D eigenvalue weighted by Gasteiger charge is -2.28. The maximum absolute atomic E-state index is 12.4. The Balaban J connectivity index is 1.91. The van der Waals surface area contributed by atoms with Crippen LogP contribution in [0.3, 0.4) is 0 Å². The van der Waals surface area contributed by atoms with Crippen molar-refractivity contribution in [2.45, 2.75) is 45.2 Å². The molecule has 0 aliphatic heterocycles. The van der Waals surface area contributed by atoms with Gasteiger partial charge in [0.25, 0.3) is 0 Å². The summed E-state index contributed by atoms with van der Waals surface area (Å²) in [5.41, 5.74) is 1.24. The van der Waals surface area contributed by atoms with Crippen molar-refractivity contribution in [2.75, 3.05) is 18.1 Å². The second-order valence-electron chi connectivity index (χ2n) is 6.14. The van der Waals surface area contributed by atoms with Crippen molar-refractivity contribution < 1.29 is 13.2 Å². The first-order valence-electron chi connectivity index (χ1n) is 8.20. The molecule has 1 saturated carbocycles. The number of benzene rings is 1. The van der Waals surface area contributed by atoms with Crippen LogP contribution >= 0.6 is 0 Å². The van der Waals surface area contributed by atoms with Crippen LogP contribution in [-0.4, -0.2) is 49.5 Å². The Bertz CT molecular complexity index is 630. The van der Waals surface area contributed by atoms with E-state index in [1.54, 1.807) is 18.7 Å². The number of nitrogens with zero attached hydrogens (tertiary/aromatic N) is 1. The number of nitrogens with one attached hydrogen (secondary N) is 1. The van der Waals surface area contributed by atoms with Crippen LogP contribution in [0.1, 0.15) is 38.7 Å². The predicted molar refractivity (Wildman–Crippen MR) is 92.3 cm³/mol. The van der Waals surface area contributed by atoms with E-state index in [4.69, 9.17) is 0 Å². The summed E-state index contributed by atoms with van der Waals surface area (Å²) in [6.45, 7) is 5.79. The summed E-state index contributed by atoms with van der Waals surface area (Å²) in [6.07, 6.45) is 0.939. The van der Waals surface area contributed by atoms with Crippen molar-refractivity contribution in [1.29, 1.82) is 0 Å². The van der Waals surface area contributed by atoms with Gasteiger partial charge in [-0.25, -0.2) is 13.2 Å². The zero-order valence-electron chi connectivity index (χ0n) is 14.0. The predicted octanol–water partition coefficient (Wildman–Crippen LogP) is 2.40. The van der Waals surface area contributed by atoms with Crippen molar-refractivity contribution in [3.63, 3.8) is 0 Å². The van der Waals surface area contributed by atoms with E-state index in [-0.39, 0.29) is 29.6 Å². The van der Waals surface area contributed by atoms with Crippen LogP contribution in [0.2, 0.25) is 0 Å². The van der Waals surface area contributed by atoms with Crippen LogP contribution in [0.5, 0.6) is 0 Å². The molecule has 2 amide bonds.